The predicted octanol–water partition coefficient (Wildman–Crippen LogP) is 5.22. The number of hydrogen-bond acceptors (Lipinski definition) is 0. The maximum atomic E-state index is 3.94. The zero-order valence-corrected chi connectivity index (χ0v) is 12.8. The third-order valence-electron chi connectivity index (χ3n) is 3.89. The molecule has 1 aromatic rings. The summed E-state index contributed by atoms with van der Waals surface area (Å²) in [4.78, 5) is 0.596. The van der Waals surface area contributed by atoms with Crippen molar-refractivity contribution in [1.29, 1.82) is 0 Å². The fraction of sp³-hybridized carbons (Fsp3) is 0.625. The molecule has 0 N–H and O–H groups in total. The van der Waals surface area contributed by atoms with Crippen LogP contribution in [0.2, 0.25) is 0 Å². The van der Waals surface area contributed by atoms with Gasteiger partial charge in [0.25, 0.3) is 0 Å². The second-order valence-corrected chi connectivity index (χ2v) is 6.11. The molecule has 1 fully saturated rings. The van der Waals surface area contributed by atoms with Crippen molar-refractivity contribution in [2.75, 3.05) is 0 Å². The van der Waals surface area contributed by atoms with Gasteiger partial charge in [-0.25, -0.2) is 0 Å². The summed E-state index contributed by atoms with van der Waals surface area (Å²) < 4.78 is 0. The first-order valence-corrected chi connectivity index (χ1v) is 7.91. The molecular weight excluding hydrogens is 272 g/mol. The van der Waals surface area contributed by atoms with E-state index in [4.69, 9.17) is 0 Å². The summed E-state index contributed by atoms with van der Waals surface area (Å²) in [5, 5.41) is 0. The van der Waals surface area contributed by atoms with Gasteiger partial charge in [-0.2, -0.15) is 0 Å². The van der Waals surface area contributed by atoms with E-state index in [1.165, 1.54) is 18.4 Å². The van der Waals surface area contributed by atoms with E-state index in [1.54, 1.807) is 16.7 Å². The van der Waals surface area contributed by atoms with Crippen molar-refractivity contribution in [1.82, 2.24) is 0 Å². The Hall–Kier alpha value is -0.300. The van der Waals surface area contributed by atoms with E-state index in [-0.39, 0.29) is 0 Å². The molecule has 0 bridgehead atoms. The Kier molecular flexibility index (Phi) is 4.30. The van der Waals surface area contributed by atoms with E-state index in [2.05, 4.69) is 48.8 Å². The van der Waals surface area contributed by atoms with Crippen molar-refractivity contribution in [3.05, 3.63) is 34.4 Å². The van der Waals surface area contributed by atoms with Gasteiger partial charge >= 0.3 is 0 Å². The van der Waals surface area contributed by atoms with Gasteiger partial charge in [0.05, 0.1) is 0 Å². The van der Waals surface area contributed by atoms with E-state index < -0.39 is 0 Å². The molecule has 1 atom stereocenters. The second kappa shape index (κ2) is 5.56. The average molecular weight is 295 g/mol. The third kappa shape index (κ3) is 2.76. The third-order valence-corrected chi connectivity index (χ3v) is 5.10. The van der Waals surface area contributed by atoms with Crippen molar-refractivity contribution >= 4 is 15.9 Å². The van der Waals surface area contributed by atoms with Crippen molar-refractivity contribution in [3.8, 4) is 0 Å². The first kappa shape index (κ1) is 13.1. The molecule has 0 aliphatic heterocycles. The molecule has 1 unspecified atom stereocenters. The number of aryl methyl sites for hydroxylation is 3. The summed E-state index contributed by atoms with van der Waals surface area (Å²) in [6.07, 6.45) is 6.27. The number of hydrogen-bond donors (Lipinski definition) is 0. The Morgan fingerprint density at radius 1 is 1.06 bits per heavy atom. The van der Waals surface area contributed by atoms with Crippen LogP contribution < -0.4 is 0 Å². The Balaban J connectivity index is 2.45. The Morgan fingerprint density at radius 3 is 1.94 bits per heavy atom. The Bertz CT molecular complexity index is 366. The minimum Gasteiger partial charge on any atom is -0.0836 e. The maximum Gasteiger partial charge on any atom is 0.0428 e. The zero-order valence-electron chi connectivity index (χ0n) is 11.2. The minimum absolute atomic E-state index is 0.596. The van der Waals surface area contributed by atoms with Crippen molar-refractivity contribution in [3.63, 3.8) is 0 Å². The smallest absolute Gasteiger partial charge is 0.0428 e. The molecule has 1 aliphatic carbocycles. The SMILES string of the molecule is CCc1cc(CC)c(C(Br)C2CC2)c(CC)c1. The number of benzene rings is 1. The first-order chi connectivity index (χ1) is 8.21. The lowest BCUT2D eigenvalue weighted by Crippen LogP contribution is -2.05. The fourth-order valence-corrected chi connectivity index (χ4v) is 3.74. The molecule has 94 valence electrons. The van der Waals surface area contributed by atoms with E-state index >= 15 is 0 Å². The molecule has 2 rings (SSSR count). The van der Waals surface area contributed by atoms with Crippen molar-refractivity contribution in [2.24, 2.45) is 5.92 Å². The molecule has 1 heteroatoms. The van der Waals surface area contributed by atoms with Crippen LogP contribution in [0.15, 0.2) is 12.1 Å². The highest BCUT2D eigenvalue weighted by molar-refractivity contribution is 9.09. The Labute approximate surface area is 114 Å². The van der Waals surface area contributed by atoms with Crippen LogP contribution in [0.3, 0.4) is 0 Å². The quantitative estimate of drug-likeness (QED) is 0.653. The maximum absolute atomic E-state index is 3.94. The standard InChI is InChI=1S/C16H23Br/c1-4-11-9-12(5-2)15(13(6-3)10-11)16(17)14-7-8-14/h9-10,14,16H,4-8H2,1-3H3. The first-order valence-electron chi connectivity index (χ1n) is 6.99. The Morgan fingerprint density at radius 2 is 1.59 bits per heavy atom. The van der Waals surface area contributed by atoms with E-state index in [0.717, 1.165) is 25.2 Å². The monoisotopic (exact) mass is 294 g/mol. The van der Waals surface area contributed by atoms with Gasteiger partial charge in [0.2, 0.25) is 0 Å². The van der Waals surface area contributed by atoms with Crippen LogP contribution in [0.25, 0.3) is 0 Å². The van der Waals surface area contributed by atoms with Gasteiger partial charge in [0, 0.05) is 4.83 Å². The van der Waals surface area contributed by atoms with Crippen LogP contribution >= 0.6 is 15.9 Å². The van der Waals surface area contributed by atoms with Gasteiger partial charge in [-0.3, -0.25) is 0 Å². The van der Waals surface area contributed by atoms with Gasteiger partial charge in [-0.15, -0.1) is 0 Å². The molecule has 0 radical (unpaired) electrons. The minimum atomic E-state index is 0.596. The number of alkyl halides is 1. The van der Waals surface area contributed by atoms with Crippen LogP contribution in [0, 0.1) is 5.92 Å². The van der Waals surface area contributed by atoms with Crippen molar-refractivity contribution in [2.45, 2.75) is 57.7 Å². The average Bonchev–Trinajstić information content (AvgIpc) is 3.20. The van der Waals surface area contributed by atoms with Gasteiger partial charge in [0.1, 0.15) is 0 Å². The van der Waals surface area contributed by atoms with Crippen LogP contribution in [0.4, 0.5) is 0 Å². The van der Waals surface area contributed by atoms with E-state index in [0.29, 0.717) is 4.83 Å². The lowest BCUT2D eigenvalue weighted by atomic mass is 9.90. The summed E-state index contributed by atoms with van der Waals surface area (Å²) in [6.45, 7) is 6.81. The van der Waals surface area contributed by atoms with Crippen molar-refractivity contribution < 1.29 is 0 Å². The van der Waals surface area contributed by atoms with Gasteiger partial charge in [-0.1, -0.05) is 48.8 Å². The molecule has 0 nitrogen and oxygen atoms in total. The molecule has 0 aromatic heterocycles. The van der Waals surface area contributed by atoms with Gasteiger partial charge < -0.3 is 0 Å². The highest BCUT2D eigenvalue weighted by Crippen LogP contribution is 2.48. The zero-order chi connectivity index (χ0) is 12.4. The van der Waals surface area contributed by atoms with Crippen LogP contribution in [0.1, 0.15) is 60.7 Å². The fourth-order valence-electron chi connectivity index (χ4n) is 2.62. The largest absolute Gasteiger partial charge is 0.0836 e. The topological polar surface area (TPSA) is 0 Å². The highest BCUT2D eigenvalue weighted by Gasteiger charge is 2.32. The normalized spacial score (nSPS) is 17.2. The summed E-state index contributed by atoms with van der Waals surface area (Å²) in [7, 11) is 0. The van der Waals surface area contributed by atoms with Gasteiger partial charge in [-0.05, 0) is 60.3 Å². The van der Waals surface area contributed by atoms with E-state index in [9.17, 15) is 0 Å². The second-order valence-electron chi connectivity index (χ2n) is 5.13. The molecular formula is C16H23Br. The molecule has 1 aliphatic rings. The van der Waals surface area contributed by atoms with Gasteiger partial charge in [0.15, 0.2) is 0 Å². The molecule has 0 spiro atoms. The molecule has 0 amide bonds. The molecule has 0 saturated heterocycles. The lowest BCUT2D eigenvalue weighted by molar-refractivity contribution is 0.794. The van der Waals surface area contributed by atoms with Crippen LogP contribution in [-0.2, 0) is 19.3 Å². The lowest BCUT2D eigenvalue weighted by Gasteiger charge is -2.20. The molecule has 17 heavy (non-hydrogen) atoms. The number of halogens is 1. The van der Waals surface area contributed by atoms with Crippen LogP contribution in [0.5, 0.6) is 0 Å². The van der Waals surface area contributed by atoms with E-state index in [1.807, 2.05) is 0 Å². The molecule has 1 saturated carbocycles. The molecule has 0 heterocycles. The summed E-state index contributed by atoms with van der Waals surface area (Å²) in [5.41, 5.74) is 6.23. The summed E-state index contributed by atoms with van der Waals surface area (Å²) in [6, 6.07) is 4.84. The summed E-state index contributed by atoms with van der Waals surface area (Å²) in [5.74, 6) is 0.887. The van der Waals surface area contributed by atoms with Crippen LogP contribution in [-0.4, -0.2) is 0 Å². The highest BCUT2D eigenvalue weighted by atomic mass is 79.9. The molecule has 1 aromatic carbocycles. The number of rotatable bonds is 5. The summed E-state index contributed by atoms with van der Waals surface area (Å²) >= 11 is 3.94. The predicted molar refractivity (Wildman–Crippen MR) is 79.0 cm³/mol.